The minimum absolute atomic E-state index is 0.0159. The molecular formula is C31H40N6O11P+. The van der Waals surface area contributed by atoms with E-state index in [1.807, 2.05) is 23.1 Å². The van der Waals surface area contributed by atoms with Crippen LogP contribution in [0.3, 0.4) is 0 Å². The van der Waals surface area contributed by atoms with Crippen LogP contribution in [0.2, 0.25) is 0 Å². The van der Waals surface area contributed by atoms with Crippen LogP contribution in [0.4, 0.5) is 10.6 Å². The van der Waals surface area contributed by atoms with Crippen molar-refractivity contribution in [3.05, 3.63) is 42.1 Å². The molecule has 18 heteroatoms. The summed E-state index contributed by atoms with van der Waals surface area (Å²) in [6, 6.07) is 9.15. The first kappa shape index (κ1) is 37.1. The lowest BCUT2D eigenvalue weighted by molar-refractivity contribution is -0.231. The standard InChI is InChI=1S/C31H39N6O11P/c1-5-45-30(42)36-15-13-35(14-16-36)29(41)25(19-49(43)48-31(46-20(2)38)47-21(3)39)33-28(40)24-17-26(37-12-11-23(18-37)44-4)34-27(32-24)22-9-7-6-8-10-22/h6-10,17,23,25,31H,5,11-16,18-19H2,1-4H3/p+1/t23-,25-/m0/s1. The topological polar surface area (TPSA) is 196 Å². The van der Waals surface area contributed by atoms with Gasteiger partial charge in [0.1, 0.15) is 11.5 Å². The average Bonchev–Trinajstić information content (AvgIpc) is 3.57. The summed E-state index contributed by atoms with van der Waals surface area (Å²) in [5.74, 6) is -2.36. The first-order valence-corrected chi connectivity index (χ1v) is 17.0. The lowest BCUT2D eigenvalue weighted by atomic mass is 10.2. The SMILES string of the molecule is CCOC(=O)N1CCN(C(=O)[C@H](C[P+](=O)OC(OC(C)=O)OC(C)=O)NC(=O)c2cc(N3CC[C@H](OC)C3)nc(-c3ccccc3)n2)CC1. The fraction of sp³-hybridized carbons (Fsp3) is 0.516. The summed E-state index contributed by atoms with van der Waals surface area (Å²) >= 11 is 0. The van der Waals surface area contributed by atoms with Crippen molar-refractivity contribution in [2.24, 2.45) is 0 Å². The molecule has 3 amide bonds. The molecule has 0 spiro atoms. The highest BCUT2D eigenvalue weighted by Gasteiger charge is 2.40. The van der Waals surface area contributed by atoms with Crippen LogP contribution in [-0.2, 0) is 42.4 Å². The first-order valence-electron chi connectivity index (χ1n) is 15.7. The summed E-state index contributed by atoms with van der Waals surface area (Å²) in [6.07, 6.45) is -0.348. The predicted molar refractivity (Wildman–Crippen MR) is 172 cm³/mol. The second-order valence-electron chi connectivity index (χ2n) is 11.1. The molecule has 2 saturated heterocycles. The number of carbonyl (C=O) groups is 5. The molecule has 264 valence electrons. The number of nitrogens with zero attached hydrogens (tertiary/aromatic N) is 5. The van der Waals surface area contributed by atoms with E-state index >= 15 is 0 Å². The number of ether oxygens (including phenoxy) is 4. The number of hydrogen-bond donors (Lipinski definition) is 1. The number of hydrogen-bond acceptors (Lipinski definition) is 14. The maximum Gasteiger partial charge on any atom is 0.518 e. The third-order valence-electron chi connectivity index (χ3n) is 7.56. The highest BCUT2D eigenvalue weighted by atomic mass is 31.1. The van der Waals surface area contributed by atoms with Crippen molar-refractivity contribution in [2.45, 2.75) is 45.8 Å². The average molecular weight is 704 g/mol. The van der Waals surface area contributed by atoms with Crippen LogP contribution in [0.15, 0.2) is 36.4 Å². The maximum absolute atomic E-state index is 13.9. The van der Waals surface area contributed by atoms with Crippen molar-refractivity contribution >= 4 is 43.7 Å². The van der Waals surface area contributed by atoms with Crippen molar-refractivity contribution in [1.82, 2.24) is 25.1 Å². The van der Waals surface area contributed by atoms with Gasteiger partial charge in [0.2, 0.25) is 12.1 Å². The molecule has 0 aliphatic carbocycles. The Kier molecular flexibility index (Phi) is 13.3. The summed E-state index contributed by atoms with van der Waals surface area (Å²) in [7, 11) is -1.24. The molecular weight excluding hydrogens is 663 g/mol. The molecule has 2 fully saturated rings. The van der Waals surface area contributed by atoms with Crippen LogP contribution in [0.1, 0.15) is 37.7 Å². The Bertz CT molecular complexity index is 1510. The summed E-state index contributed by atoms with van der Waals surface area (Å²) in [4.78, 5) is 76.9. The van der Waals surface area contributed by atoms with Crippen LogP contribution in [0.25, 0.3) is 11.4 Å². The molecule has 0 radical (unpaired) electrons. The predicted octanol–water partition coefficient (Wildman–Crippen LogP) is 1.94. The minimum Gasteiger partial charge on any atom is -0.450 e. The van der Waals surface area contributed by atoms with Gasteiger partial charge in [-0.15, -0.1) is 0 Å². The number of anilines is 1. The van der Waals surface area contributed by atoms with Gasteiger partial charge >= 0.3 is 32.5 Å². The van der Waals surface area contributed by atoms with E-state index in [1.54, 1.807) is 26.2 Å². The molecule has 2 aromatic rings. The van der Waals surface area contributed by atoms with Gasteiger partial charge in [-0.05, 0) is 17.9 Å². The fourth-order valence-electron chi connectivity index (χ4n) is 5.15. The molecule has 1 aromatic carbocycles. The Morgan fingerprint density at radius 1 is 0.959 bits per heavy atom. The van der Waals surface area contributed by atoms with Gasteiger partial charge in [0.15, 0.2) is 11.9 Å². The van der Waals surface area contributed by atoms with Gasteiger partial charge < -0.3 is 39.0 Å². The Morgan fingerprint density at radius 2 is 1.61 bits per heavy atom. The van der Waals surface area contributed by atoms with E-state index in [0.29, 0.717) is 24.5 Å². The van der Waals surface area contributed by atoms with Gasteiger partial charge in [0.05, 0.1) is 12.7 Å². The molecule has 0 bridgehead atoms. The second kappa shape index (κ2) is 17.6. The van der Waals surface area contributed by atoms with Crippen molar-refractivity contribution in [2.75, 3.05) is 64.0 Å². The van der Waals surface area contributed by atoms with Gasteiger partial charge in [0, 0.05) is 71.9 Å². The summed E-state index contributed by atoms with van der Waals surface area (Å²) in [5.41, 5.74) is 0.606. The molecule has 1 unspecified atom stereocenters. The van der Waals surface area contributed by atoms with Gasteiger partial charge in [-0.1, -0.05) is 34.9 Å². The van der Waals surface area contributed by atoms with Crippen LogP contribution in [-0.4, -0.2) is 127 Å². The number of piperazine rings is 1. The van der Waals surface area contributed by atoms with E-state index < -0.39 is 56.6 Å². The van der Waals surface area contributed by atoms with Crippen LogP contribution < -0.4 is 10.2 Å². The summed E-state index contributed by atoms with van der Waals surface area (Å²) in [6.45, 7) is 3.75. The number of carbonyl (C=O) groups excluding carboxylic acids is 5. The van der Waals surface area contributed by atoms with Crippen molar-refractivity contribution in [3.8, 4) is 11.4 Å². The molecule has 3 atom stereocenters. The van der Waals surface area contributed by atoms with Gasteiger partial charge in [0.25, 0.3) is 5.91 Å². The second-order valence-corrected chi connectivity index (χ2v) is 12.3. The monoisotopic (exact) mass is 703 g/mol. The summed E-state index contributed by atoms with van der Waals surface area (Å²) in [5, 5.41) is 2.64. The van der Waals surface area contributed by atoms with E-state index in [0.717, 1.165) is 20.3 Å². The molecule has 4 rings (SSSR count). The quantitative estimate of drug-likeness (QED) is 0.181. The fourth-order valence-corrected chi connectivity index (χ4v) is 6.06. The molecule has 2 aliphatic rings. The molecule has 3 heterocycles. The number of aromatic nitrogens is 2. The molecule has 1 N–H and O–H groups in total. The molecule has 1 aromatic heterocycles. The first-order chi connectivity index (χ1) is 23.5. The number of benzene rings is 1. The highest BCUT2D eigenvalue weighted by Crippen LogP contribution is 2.28. The van der Waals surface area contributed by atoms with E-state index in [-0.39, 0.29) is 50.4 Å². The van der Waals surface area contributed by atoms with Gasteiger partial charge in [-0.25, -0.2) is 14.8 Å². The zero-order chi connectivity index (χ0) is 35.5. The van der Waals surface area contributed by atoms with Crippen LogP contribution in [0, 0.1) is 0 Å². The zero-order valence-electron chi connectivity index (χ0n) is 27.7. The van der Waals surface area contributed by atoms with Gasteiger partial charge in [-0.2, -0.15) is 0 Å². The van der Waals surface area contributed by atoms with Crippen LogP contribution >= 0.6 is 8.03 Å². The molecule has 0 saturated carbocycles. The number of esters is 2. The Morgan fingerprint density at radius 3 is 2.20 bits per heavy atom. The zero-order valence-corrected chi connectivity index (χ0v) is 28.6. The van der Waals surface area contributed by atoms with Crippen molar-refractivity contribution in [1.29, 1.82) is 0 Å². The molecule has 49 heavy (non-hydrogen) atoms. The Hall–Kier alpha value is -4.73. The molecule has 2 aliphatic heterocycles. The van der Waals surface area contributed by atoms with E-state index in [9.17, 15) is 28.5 Å². The van der Waals surface area contributed by atoms with Crippen LogP contribution in [0.5, 0.6) is 0 Å². The smallest absolute Gasteiger partial charge is 0.450 e. The lowest BCUT2D eigenvalue weighted by Gasteiger charge is -2.35. The van der Waals surface area contributed by atoms with E-state index in [2.05, 4.69) is 10.3 Å². The Labute approximate surface area is 284 Å². The number of nitrogens with one attached hydrogen (secondary N) is 1. The third-order valence-corrected chi connectivity index (χ3v) is 8.63. The highest BCUT2D eigenvalue weighted by molar-refractivity contribution is 7.39. The largest absolute Gasteiger partial charge is 0.518 e. The summed E-state index contributed by atoms with van der Waals surface area (Å²) < 4.78 is 38.5. The van der Waals surface area contributed by atoms with E-state index in [4.69, 9.17) is 28.5 Å². The number of methoxy groups -OCH3 is 1. The number of amides is 3. The van der Waals surface area contributed by atoms with E-state index in [1.165, 1.54) is 15.9 Å². The van der Waals surface area contributed by atoms with Crippen molar-refractivity contribution in [3.63, 3.8) is 0 Å². The maximum atomic E-state index is 13.9. The third kappa shape index (κ3) is 10.6. The minimum atomic E-state index is -2.87. The normalized spacial score (nSPS) is 17.0. The lowest BCUT2D eigenvalue weighted by Crippen LogP contribution is -2.56. The van der Waals surface area contributed by atoms with Crippen molar-refractivity contribution < 1.29 is 52.0 Å². The number of rotatable bonds is 13. The Balaban J connectivity index is 1.60. The molecule has 17 nitrogen and oxygen atoms in total. The van der Waals surface area contributed by atoms with Gasteiger partial charge in [-0.3, -0.25) is 19.2 Å².